The highest BCUT2D eigenvalue weighted by molar-refractivity contribution is 6.51. The monoisotopic (exact) mass is 506 g/mol. The van der Waals surface area contributed by atoms with E-state index in [-0.39, 0.29) is 17.3 Å². The number of pyridine rings is 1. The van der Waals surface area contributed by atoms with Crippen LogP contribution in [0.4, 0.5) is 5.69 Å². The first-order chi connectivity index (χ1) is 18.3. The molecule has 190 valence electrons. The number of anilines is 1. The molecule has 1 saturated heterocycles. The van der Waals surface area contributed by atoms with Gasteiger partial charge >= 0.3 is 5.97 Å². The number of hydrogen-bond donors (Lipinski definition) is 1. The Hall–Kier alpha value is -4.78. The first-order valence-corrected chi connectivity index (χ1v) is 12.3. The van der Waals surface area contributed by atoms with Crippen LogP contribution in [-0.4, -0.2) is 34.4 Å². The van der Waals surface area contributed by atoms with Crippen molar-refractivity contribution in [2.75, 3.05) is 11.5 Å². The van der Waals surface area contributed by atoms with Crippen LogP contribution in [0, 0.1) is 5.92 Å². The van der Waals surface area contributed by atoms with Crippen LogP contribution in [0.15, 0.2) is 96.8 Å². The van der Waals surface area contributed by atoms with Crippen molar-refractivity contribution in [3.8, 4) is 0 Å². The molecule has 0 saturated carbocycles. The van der Waals surface area contributed by atoms with Crippen LogP contribution in [0.25, 0.3) is 16.5 Å². The Morgan fingerprint density at radius 3 is 2.34 bits per heavy atom. The lowest BCUT2D eigenvalue weighted by molar-refractivity contribution is -0.132. The summed E-state index contributed by atoms with van der Waals surface area (Å²) < 4.78 is 5.29. The molecule has 1 N–H and O–H groups in total. The lowest BCUT2D eigenvalue weighted by Crippen LogP contribution is -2.29. The van der Waals surface area contributed by atoms with Crippen LogP contribution in [0.5, 0.6) is 0 Å². The molecule has 1 aliphatic rings. The summed E-state index contributed by atoms with van der Waals surface area (Å²) >= 11 is 0. The number of esters is 1. The molecule has 1 aliphatic heterocycles. The number of nitrogens with zero attached hydrogens (tertiary/aromatic N) is 2. The van der Waals surface area contributed by atoms with Gasteiger partial charge in [-0.2, -0.15) is 0 Å². The summed E-state index contributed by atoms with van der Waals surface area (Å²) in [7, 11) is 0. The van der Waals surface area contributed by atoms with Crippen LogP contribution in [0.1, 0.15) is 41.4 Å². The number of Topliss-reactive ketones (excluding diaryl/α,β-unsaturated/α-hetero) is 1. The van der Waals surface area contributed by atoms with Crippen LogP contribution < -0.4 is 4.90 Å². The highest BCUT2D eigenvalue weighted by atomic mass is 16.5. The summed E-state index contributed by atoms with van der Waals surface area (Å²) in [6, 6.07) is 21.9. The minimum Gasteiger partial charge on any atom is -0.507 e. The lowest BCUT2D eigenvalue weighted by atomic mass is 9.95. The third-order valence-corrected chi connectivity index (χ3v) is 6.40. The second-order valence-electron chi connectivity index (χ2n) is 9.56. The van der Waals surface area contributed by atoms with E-state index < -0.39 is 23.7 Å². The van der Waals surface area contributed by atoms with Gasteiger partial charge in [0, 0.05) is 23.6 Å². The summed E-state index contributed by atoms with van der Waals surface area (Å²) in [6.45, 7) is 4.19. The quantitative estimate of drug-likeness (QED) is 0.157. The topological polar surface area (TPSA) is 96.8 Å². The zero-order valence-corrected chi connectivity index (χ0v) is 21.0. The van der Waals surface area contributed by atoms with E-state index in [4.69, 9.17) is 4.74 Å². The van der Waals surface area contributed by atoms with Gasteiger partial charge in [-0.1, -0.05) is 56.3 Å². The second kappa shape index (κ2) is 10.3. The van der Waals surface area contributed by atoms with Gasteiger partial charge in [0.05, 0.1) is 23.8 Å². The molecular weight excluding hydrogens is 480 g/mol. The van der Waals surface area contributed by atoms with Crippen LogP contribution in [0.2, 0.25) is 0 Å². The van der Waals surface area contributed by atoms with Gasteiger partial charge in [-0.15, -0.1) is 0 Å². The van der Waals surface area contributed by atoms with E-state index in [9.17, 15) is 19.5 Å². The Balaban J connectivity index is 1.58. The zero-order chi connectivity index (χ0) is 26.8. The molecule has 0 bridgehead atoms. The molecule has 7 heteroatoms. The Kier molecular flexibility index (Phi) is 6.75. The van der Waals surface area contributed by atoms with E-state index in [0.717, 1.165) is 10.8 Å². The molecule has 1 aromatic heterocycles. The number of ether oxygens (including phenoxy) is 1. The van der Waals surface area contributed by atoms with Crippen molar-refractivity contribution in [3.63, 3.8) is 0 Å². The minimum atomic E-state index is -0.908. The fraction of sp³-hybridized carbons (Fsp3) is 0.161. The Morgan fingerprint density at radius 2 is 1.66 bits per heavy atom. The van der Waals surface area contributed by atoms with Crippen molar-refractivity contribution in [1.82, 2.24) is 4.98 Å². The SMILES string of the molecule is CC(C)COC(=O)c1ccc(N2C(=O)C(=O)/C(=C(\O)c3ccc4ccccc4c3)C2c2cccnc2)cc1. The number of ketones is 1. The molecule has 0 radical (unpaired) electrons. The Labute approximate surface area is 220 Å². The second-order valence-corrected chi connectivity index (χ2v) is 9.56. The fourth-order valence-electron chi connectivity index (χ4n) is 4.53. The molecule has 1 amide bonds. The van der Waals surface area contributed by atoms with Crippen molar-refractivity contribution >= 4 is 39.9 Å². The maximum Gasteiger partial charge on any atom is 0.338 e. The molecule has 1 fully saturated rings. The van der Waals surface area contributed by atoms with Crippen molar-refractivity contribution in [2.45, 2.75) is 19.9 Å². The molecule has 2 heterocycles. The van der Waals surface area contributed by atoms with E-state index in [0.29, 0.717) is 29.0 Å². The normalized spacial score (nSPS) is 16.8. The summed E-state index contributed by atoms with van der Waals surface area (Å²) in [5, 5.41) is 13.3. The highest BCUT2D eigenvalue weighted by Crippen LogP contribution is 2.42. The third-order valence-electron chi connectivity index (χ3n) is 6.40. The molecule has 38 heavy (non-hydrogen) atoms. The number of aliphatic hydroxyl groups excluding tert-OH is 1. The van der Waals surface area contributed by atoms with E-state index in [1.54, 1.807) is 60.9 Å². The number of fused-ring (bicyclic) bond motifs is 1. The molecular formula is C31H26N2O5. The predicted octanol–water partition coefficient (Wildman–Crippen LogP) is 5.67. The number of aliphatic hydroxyl groups is 1. The number of aromatic nitrogens is 1. The van der Waals surface area contributed by atoms with Gasteiger partial charge in [-0.25, -0.2) is 4.79 Å². The van der Waals surface area contributed by atoms with Crippen LogP contribution in [0.3, 0.4) is 0 Å². The van der Waals surface area contributed by atoms with Crippen molar-refractivity contribution < 1.29 is 24.2 Å². The third kappa shape index (κ3) is 4.66. The molecule has 4 aromatic rings. The van der Waals surface area contributed by atoms with E-state index in [1.165, 1.54) is 4.90 Å². The number of benzene rings is 3. The molecule has 7 nitrogen and oxygen atoms in total. The summed E-state index contributed by atoms with van der Waals surface area (Å²) in [5.41, 5.74) is 1.70. The number of carbonyl (C=O) groups excluding carboxylic acids is 3. The zero-order valence-electron chi connectivity index (χ0n) is 21.0. The maximum atomic E-state index is 13.4. The van der Waals surface area contributed by atoms with Crippen molar-refractivity contribution in [3.05, 3.63) is 114 Å². The largest absolute Gasteiger partial charge is 0.507 e. The molecule has 3 aromatic carbocycles. The highest BCUT2D eigenvalue weighted by Gasteiger charge is 2.47. The van der Waals surface area contributed by atoms with Crippen LogP contribution >= 0.6 is 0 Å². The average molecular weight is 507 g/mol. The van der Waals surface area contributed by atoms with Gasteiger partial charge in [0.25, 0.3) is 11.7 Å². The van der Waals surface area contributed by atoms with Gasteiger partial charge in [0.2, 0.25) is 0 Å². The number of rotatable bonds is 6. The molecule has 1 atom stereocenters. The van der Waals surface area contributed by atoms with E-state index >= 15 is 0 Å². The Morgan fingerprint density at radius 1 is 0.947 bits per heavy atom. The summed E-state index contributed by atoms with van der Waals surface area (Å²) in [6.07, 6.45) is 3.16. The first-order valence-electron chi connectivity index (χ1n) is 12.3. The van der Waals surface area contributed by atoms with Gasteiger partial charge in [-0.05, 0) is 58.7 Å². The standard InChI is InChI=1S/C31H26N2O5/c1-19(2)18-38-31(37)21-11-13-25(14-12-21)33-27(24-8-5-15-32-17-24)26(29(35)30(33)36)28(34)23-10-9-20-6-3-4-7-22(20)16-23/h3-17,19,27,34H,18H2,1-2H3/b28-26-. The molecule has 1 unspecified atom stereocenters. The smallest absolute Gasteiger partial charge is 0.338 e. The number of hydrogen-bond acceptors (Lipinski definition) is 6. The minimum absolute atomic E-state index is 0.0290. The Bertz CT molecular complexity index is 1560. The molecule has 0 spiro atoms. The van der Waals surface area contributed by atoms with Gasteiger partial charge in [0.15, 0.2) is 0 Å². The summed E-state index contributed by atoms with van der Waals surface area (Å²) in [5.74, 6) is -2.11. The van der Waals surface area contributed by atoms with Gasteiger partial charge in [0.1, 0.15) is 5.76 Å². The van der Waals surface area contributed by atoms with Gasteiger partial charge < -0.3 is 9.84 Å². The number of carbonyl (C=O) groups is 3. The van der Waals surface area contributed by atoms with Crippen LogP contribution in [-0.2, 0) is 14.3 Å². The maximum absolute atomic E-state index is 13.4. The molecule has 5 rings (SSSR count). The van der Waals surface area contributed by atoms with Crippen molar-refractivity contribution in [2.24, 2.45) is 5.92 Å². The van der Waals surface area contributed by atoms with Crippen molar-refractivity contribution in [1.29, 1.82) is 0 Å². The van der Waals surface area contributed by atoms with E-state index in [1.807, 2.05) is 44.2 Å². The van der Waals surface area contributed by atoms with Gasteiger partial charge in [-0.3, -0.25) is 19.5 Å². The summed E-state index contributed by atoms with van der Waals surface area (Å²) in [4.78, 5) is 44.6. The lowest BCUT2D eigenvalue weighted by Gasteiger charge is -2.25. The fourth-order valence-corrected chi connectivity index (χ4v) is 4.53. The molecule has 0 aliphatic carbocycles. The average Bonchev–Trinajstić information content (AvgIpc) is 3.21. The number of amides is 1. The first kappa shape index (κ1) is 24.9. The predicted molar refractivity (Wildman–Crippen MR) is 145 cm³/mol. The van der Waals surface area contributed by atoms with E-state index in [2.05, 4.69) is 4.98 Å².